The van der Waals surface area contributed by atoms with Crippen molar-refractivity contribution in [2.24, 2.45) is 0 Å². The van der Waals surface area contributed by atoms with E-state index in [2.05, 4.69) is 28.1 Å². The lowest BCUT2D eigenvalue weighted by Crippen LogP contribution is -2.04. The Balaban J connectivity index is 1.76. The molecule has 0 spiro atoms. The van der Waals surface area contributed by atoms with Crippen molar-refractivity contribution in [3.05, 3.63) is 40.3 Å². The third-order valence-electron chi connectivity index (χ3n) is 3.90. The largest absolute Gasteiger partial charge is 0.454 e. The van der Waals surface area contributed by atoms with E-state index < -0.39 is 0 Å². The van der Waals surface area contributed by atoms with E-state index in [4.69, 9.17) is 19.7 Å². The zero-order valence-corrected chi connectivity index (χ0v) is 13.3. The summed E-state index contributed by atoms with van der Waals surface area (Å²) >= 11 is 1.73. The van der Waals surface area contributed by atoms with Crippen molar-refractivity contribution in [3.8, 4) is 17.6 Å². The van der Waals surface area contributed by atoms with Gasteiger partial charge in [0, 0.05) is 36.4 Å². The Kier molecular flexibility index (Phi) is 3.64. The minimum Gasteiger partial charge on any atom is -0.454 e. The number of fused-ring (bicyclic) bond motifs is 2. The van der Waals surface area contributed by atoms with Crippen LogP contribution in [-0.4, -0.2) is 16.3 Å². The number of ether oxygens (including phenoxy) is 2. The molecular formula is C17H15N3O2S. The molecule has 0 aliphatic carbocycles. The topological polar surface area (TPSA) is 60.1 Å². The molecule has 0 saturated heterocycles. The van der Waals surface area contributed by atoms with Gasteiger partial charge in [-0.15, -0.1) is 11.3 Å². The quantitative estimate of drug-likeness (QED) is 0.671. The maximum absolute atomic E-state index is 8.80. The molecule has 3 aromatic rings. The van der Waals surface area contributed by atoms with Gasteiger partial charge in [-0.3, -0.25) is 0 Å². The van der Waals surface area contributed by atoms with E-state index in [9.17, 15) is 0 Å². The predicted octanol–water partition coefficient (Wildman–Crippen LogP) is 3.72. The summed E-state index contributed by atoms with van der Waals surface area (Å²) in [6.07, 6.45) is 2.15. The van der Waals surface area contributed by atoms with Crippen molar-refractivity contribution >= 4 is 22.4 Å². The summed E-state index contributed by atoms with van der Waals surface area (Å²) in [5, 5.41) is 10.9. The Morgan fingerprint density at radius 2 is 2.17 bits per heavy atom. The molecule has 2 aromatic heterocycles. The summed E-state index contributed by atoms with van der Waals surface area (Å²) in [7, 11) is 0. The number of aromatic nitrogens is 2. The zero-order chi connectivity index (χ0) is 15.6. The van der Waals surface area contributed by atoms with Gasteiger partial charge in [-0.1, -0.05) is 6.07 Å². The third-order valence-corrected chi connectivity index (χ3v) is 4.78. The van der Waals surface area contributed by atoms with Crippen molar-refractivity contribution in [1.29, 1.82) is 5.26 Å². The second kappa shape index (κ2) is 5.94. The number of nitrogens with zero attached hydrogens (tertiary/aromatic N) is 3. The first-order valence-corrected chi connectivity index (χ1v) is 8.41. The van der Waals surface area contributed by atoms with E-state index in [1.165, 1.54) is 4.88 Å². The number of nitriles is 1. The van der Waals surface area contributed by atoms with Crippen molar-refractivity contribution < 1.29 is 9.47 Å². The lowest BCUT2D eigenvalue weighted by atomic mass is 10.2. The fourth-order valence-corrected chi connectivity index (χ4v) is 3.54. The number of aryl methyl sites for hydroxylation is 1. The highest BCUT2D eigenvalue weighted by atomic mass is 32.1. The van der Waals surface area contributed by atoms with Crippen LogP contribution in [0, 0.1) is 11.3 Å². The highest BCUT2D eigenvalue weighted by Crippen LogP contribution is 2.36. The Bertz CT molecular complexity index is 878. The van der Waals surface area contributed by atoms with Crippen LogP contribution in [0.25, 0.3) is 11.0 Å². The van der Waals surface area contributed by atoms with Gasteiger partial charge in [0.1, 0.15) is 5.82 Å². The first-order chi connectivity index (χ1) is 11.3. The van der Waals surface area contributed by atoms with Crippen LogP contribution in [0.15, 0.2) is 29.6 Å². The second-order valence-corrected chi connectivity index (χ2v) is 6.42. The summed E-state index contributed by atoms with van der Waals surface area (Å²) in [4.78, 5) is 6.07. The van der Waals surface area contributed by atoms with E-state index in [-0.39, 0.29) is 6.79 Å². The van der Waals surface area contributed by atoms with Gasteiger partial charge < -0.3 is 14.0 Å². The first kappa shape index (κ1) is 14.1. The van der Waals surface area contributed by atoms with Crippen LogP contribution in [0.3, 0.4) is 0 Å². The molecule has 1 aromatic carbocycles. The van der Waals surface area contributed by atoms with Crippen LogP contribution in [-0.2, 0) is 13.0 Å². The zero-order valence-electron chi connectivity index (χ0n) is 12.5. The van der Waals surface area contributed by atoms with Gasteiger partial charge in [0.15, 0.2) is 11.5 Å². The van der Waals surface area contributed by atoms with Gasteiger partial charge in [-0.2, -0.15) is 5.26 Å². The van der Waals surface area contributed by atoms with Gasteiger partial charge in [0.05, 0.1) is 17.1 Å². The molecule has 3 heterocycles. The summed E-state index contributed by atoms with van der Waals surface area (Å²) in [6, 6.07) is 10.3. The third kappa shape index (κ3) is 2.64. The van der Waals surface area contributed by atoms with Gasteiger partial charge in [-0.25, -0.2) is 4.98 Å². The highest BCUT2D eigenvalue weighted by molar-refractivity contribution is 7.09. The molecule has 1 aliphatic heterocycles. The number of hydrogen-bond donors (Lipinski definition) is 0. The Morgan fingerprint density at radius 3 is 2.96 bits per heavy atom. The van der Waals surface area contributed by atoms with Crippen LogP contribution in [0.1, 0.15) is 23.5 Å². The molecule has 116 valence electrons. The number of rotatable bonds is 5. The fraction of sp³-hybridized carbons (Fsp3) is 0.294. The number of benzene rings is 1. The number of hydrogen-bond acceptors (Lipinski definition) is 5. The van der Waals surface area contributed by atoms with E-state index in [1.54, 1.807) is 11.3 Å². The lowest BCUT2D eigenvalue weighted by molar-refractivity contribution is 0.174. The monoisotopic (exact) mass is 325 g/mol. The molecule has 0 bridgehead atoms. The fourth-order valence-electron chi connectivity index (χ4n) is 2.83. The van der Waals surface area contributed by atoms with Crippen LogP contribution in [0.4, 0.5) is 0 Å². The number of imidazole rings is 1. The van der Waals surface area contributed by atoms with Crippen LogP contribution >= 0.6 is 11.3 Å². The molecule has 6 heteroatoms. The van der Waals surface area contributed by atoms with Gasteiger partial charge in [0.2, 0.25) is 6.79 Å². The van der Waals surface area contributed by atoms with Crippen LogP contribution in [0.5, 0.6) is 11.5 Å². The van der Waals surface area contributed by atoms with Crippen molar-refractivity contribution in [1.82, 2.24) is 9.55 Å². The summed E-state index contributed by atoms with van der Waals surface area (Å²) in [5.41, 5.74) is 1.96. The minimum atomic E-state index is 0.262. The normalized spacial score (nSPS) is 12.7. The van der Waals surface area contributed by atoms with E-state index in [1.807, 2.05) is 12.1 Å². The van der Waals surface area contributed by atoms with Crippen LogP contribution < -0.4 is 9.47 Å². The van der Waals surface area contributed by atoms with Gasteiger partial charge >= 0.3 is 0 Å². The summed E-state index contributed by atoms with van der Waals surface area (Å²) < 4.78 is 13.1. The van der Waals surface area contributed by atoms with Crippen molar-refractivity contribution in [2.75, 3.05) is 6.79 Å². The molecule has 4 rings (SSSR count). The maximum atomic E-state index is 8.80. The van der Waals surface area contributed by atoms with Gasteiger partial charge in [-0.05, 0) is 17.9 Å². The molecule has 23 heavy (non-hydrogen) atoms. The molecule has 0 atom stereocenters. The number of thiophene rings is 1. The standard InChI is InChI=1S/C17H15N3O2S/c18-5-1-2-6-20-14-10-16-15(21-11-22-16)9-13(14)19-17(20)8-12-4-3-7-23-12/h3-4,7,9-10H,1-2,6,8,11H2. The molecule has 1 aliphatic rings. The minimum absolute atomic E-state index is 0.262. The van der Waals surface area contributed by atoms with E-state index >= 15 is 0 Å². The number of unbranched alkanes of at least 4 members (excludes halogenated alkanes) is 1. The summed E-state index contributed by atoms with van der Waals surface area (Å²) in [5.74, 6) is 2.53. The molecule has 5 nitrogen and oxygen atoms in total. The SMILES string of the molecule is N#CCCCn1c(Cc2cccs2)nc2cc3c(cc21)OCO3. The van der Waals surface area contributed by atoms with E-state index in [0.29, 0.717) is 6.42 Å². The van der Waals surface area contributed by atoms with Crippen molar-refractivity contribution in [2.45, 2.75) is 25.8 Å². The Labute approximate surface area is 137 Å². The molecule has 0 fully saturated rings. The Hall–Kier alpha value is -2.52. The molecule has 0 amide bonds. The molecule has 0 saturated carbocycles. The molecule has 0 radical (unpaired) electrons. The average Bonchev–Trinajstić information content (AvgIpc) is 3.26. The van der Waals surface area contributed by atoms with Crippen molar-refractivity contribution in [3.63, 3.8) is 0 Å². The highest BCUT2D eigenvalue weighted by Gasteiger charge is 2.19. The smallest absolute Gasteiger partial charge is 0.231 e. The van der Waals surface area contributed by atoms with Gasteiger partial charge in [0.25, 0.3) is 0 Å². The first-order valence-electron chi connectivity index (χ1n) is 7.53. The molecule has 0 unspecified atom stereocenters. The lowest BCUT2D eigenvalue weighted by Gasteiger charge is -2.08. The Morgan fingerprint density at radius 1 is 1.30 bits per heavy atom. The second-order valence-electron chi connectivity index (χ2n) is 5.39. The average molecular weight is 325 g/mol. The van der Waals surface area contributed by atoms with Crippen LogP contribution in [0.2, 0.25) is 0 Å². The predicted molar refractivity (Wildman–Crippen MR) is 87.8 cm³/mol. The molecular weight excluding hydrogens is 310 g/mol. The summed E-state index contributed by atoms with van der Waals surface area (Å²) in [6.45, 7) is 1.04. The maximum Gasteiger partial charge on any atom is 0.231 e. The molecule has 0 N–H and O–H groups in total. The van der Waals surface area contributed by atoms with E-state index in [0.717, 1.165) is 47.7 Å².